The summed E-state index contributed by atoms with van der Waals surface area (Å²) < 4.78 is 45.0. The molecule has 3 aromatic rings. The van der Waals surface area contributed by atoms with Crippen LogP contribution < -0.4 is 16.2 Å². The van der Waals surface area contributed by atoms with Crippen LogP contribution in [0.5, 0.6) is 0 Å². The van der Waals surface area contributed by atoms with Crippen LogP contribution in [-0.2, 0) is 11.3 Å². The first-order chi connectivity index (χ1) is 15.7. The van der Waals surface area contributed by atoms with Gasteiger partial charge >= 0.3 is 12.6 Å². The zero-order valence-electron chi connectivity index (χ0n) is 18.4. The quantitative estimate of drug-likeness (QED) is 0.601. The van der Waals surface area contributed by atoms with Gasteiger partial charge in [-0.3, -0.25) is 4.79 Å². The Labute approximate surface area is 191 Å². The second kappa shape index (κ2) is 8.73. The number of carbonyl (C=O) groups excluding carboxylic acids is 1. The molecule has 0 bridgehead atoms. The van der Waals surface area contributed by atoms with Crippen molar-refractivity contribution in [1.82, 2.24) is 5.23 Å². The predicted molar refractivity (Wildman–Crippen MR) is 126 cm³/mol. The average Bonchev–Trinajstić information content (AvgIpc) is 2.81. The zero-order valence-corrected chi connectivity index (χ0v) is 18.4. The lowest BCUT2D eigenvalue weighted by Crippen LogP contribution is -2.78. The van der Waals surface area contributed by atoms with E-state index >= 15 is 0 Å². The van der Waals surface area contributed by atoms with Crippen molar-refractivity contribution in [3.05, 3.63) is 108 Å². The molecular formula is C26H24BF3N2O. The van der Waals surface area contributed by atoms with Gasteiger partial charge in [0.1, 0.15) is 17.8 Å². The normalized spacial score (nSPS) is 15.9. The highest BCUT2D eigenvalue weighted by Crippen LogP contribution is 2.32. The molecule has 0 radical (unpaired) electrons. The van der Waals surface area contributed by atoms with Crippen LogP contribution in [0.2, 0.25) is 0 Å². The average molecular weight is 448 g/mol. The van der Waals surface area contributed by atoms with E-state index in [1.54, 1.807) is 6.92 Å². The Hall–Kier alpha value is -3.61. The van der Waals surface area contributed by atoms with Crippen LogP contribution >= 0.6 is 0 Å². The van der Waals surface area contributed by atoms with Crippen molar-refractivity contribution in [3.8, 4) is 0 Å². The molecule has 1 aliphatic heterocycles. The van der Waals surface area contributed by atoms with Crippen LogP contribution in [0.1, 0.15) is 19.4 Å². The highest BCUT2D eigenvalue weighted by molar-refractivity contribution is 6.95. The molecule has 168 valence electrons. The Bertz CT molecular complexity index is 1180. The standard InChI is InChI=1S/C26H24BF3N2O/c1-19-24(20(2)33)25(26(28,29)30)31-27(22-14-8-4-9-15-22,23-16-10-5-11-17-23)32(19)18-21-12-6-3-7-13-21/h3-17,31H,18H2,1-2H3. The Balaban J connectivity index is 2.11. The molecule has 0 saturated heterocycles. The van der Waals surface area contributed by atoms with Gasteiger partial charge in [0.05, 0.1) is 5.70 Å². The third kappa shape index (κ3) is 4.11. The molecule has 3 nitrogen and oxygen atoms in total. The molecule has 0 aromatic heterocycles. The van der Waals surface area contributed by atoms with Gasteiger partial charge in [0.2, 0.25) is 0 Å². The topological polar surface area (TPSA) is 32.1 Å². The second-order valence-electron chi connectivity index (χ2n) is 8.29. The molecule has 1 aliphatic rings. The fourth-order valence-electron chi connectivity index (χ4n) is 4.85. The maximum Gasteiger partial charge on any atom is 0.428 e. The molecule has 3 aromatic carbocycles. The molecule has 1 heterocycles. The zero-order chi connectivity index (χ0) is 23.6. The lowest BCUT2D eigenvalue weighted by atomic mass is 9.35. The van der Waals surface area contributed by atoms with E-state index in [1.807, 2.05) is 95.5 Å². The van der Waals surface area contributed by atoms with E-state index in [-0.39, 0.29) is 5.57 Å². The van der Waals surface area contributed by atoms with Gasteiger partial charge < -0.3 is 9.71 Å². The first kappa shape index (κ1) is 22.6. The minimum atomic E-state index is -4.72. The minimum absolute atomic E-state index is 0.296. The fourth-order valence-corrected chi connectivity index (χ4v) is 4.85. The highest BCUT2D eigenvalue weighted by atomic mass is 19.4. The lowest BCUT2D eigenvalue weighted by molar-refractivity contribution is -0.417. The number of nitrogens with zero attached hydrogens (tertiary/aromatic N) is 1. The Morgan fingerprint density at radius 1 is 0.848 bits per heavy atom. The number of hydrogen-bond acceptors (Lipinski definition) is 2. The largest absolute Gasteiger partial charge is 0.486 e. The summed E-state index contributed by atoms with van der Waals surface area (Å²) in [6, 6.07) is 27.8. The molecule has 0 fully saturated rings. The molecule has 4 rings (SSSR count). The number of ketones is 1. The van der Waals surface area contributed by atoms with Crippen molar-refractivity contribution in [2.24, 2.45) is 0 Å². The van der Waals surface area contributed by atoms with Crippen LogP contribution in [0.15, 0.2) is 102 Å². The van der Waals surface area contributed by atoms with Gasteiger partial charge in [-0.2, -0.15) is 13.2 Å². The van der Waals surface area contributed by atoms with Crippen molar-refractivity contribution >= 4 is 28.8 Å². The second-order valence-corrected chi connectivity index (χ2v) is 8.29. The van der Waals surface area contributed by atoms with Crippen LogP contribution in [-0.4, -0.2) is 28.6 Å². The van der Waals surface area contributed by atoms with E-state index < -0.39 is 24.1 Å². The van der Waals surface area contributed by atoms with Crippen LogP contribution in [0.3, 0.4) is 0 Å². The van der Waals surface area contributed by atoms with E-state index in [9.17, 15) is 18.0 Å². The molecule has 7 heteroatoms. The number of hydrogen-bond donors (Lipinski definition) is 1. The Morgan fingerprint density at radius 2 is 1.30 bits per heavy atom. The van der Waals surface area contributed by atoms with Gasteiger partial charge in [-0.05, 0) is 6.92 Å². The van der Waals surface area contributed by atoms with Gasteiger partial charge in [0.15, 0.2) is 5.78 Å². The number of benzene rings is 3. The van der Waals surface area contributed by atoms with E-state index in [0.717, 1.165) is 5.56 Å². The summed E-state index contributed by atoms with van der Waals surface area (Å²) in [6.07, 6.45) is -7.04. The third-order valence-corrected chi connectivity index (χ3v) is 6.26. The van der Waals surface area contributed by atoms with Gasteiger partial charge in [-0.25, -0.2) is 0 Å². The summed E-state index contributed by atoms with van der Waals surface area (Å²) in [5.41, 5.74) is 1.29. The smallest absolute Gasteiger partial charge is 0.428 e. The Morgan fingerprint density at radius 3 is 1.73 bits per heavy atom. The third-order valence-electron chi connectivity index (χ3n) is 6.26. The summed E-state index contributed by atoms with van der Waals surface area (Å²) >= 11 is 0. The van der Waals surface area contributed by atoms with Gasteiger partial charge in [-0.1, -0.05) is 91.0 Å². The molecule has 0 saturated carbocycles. The molecule has 0 unspecified atom stereocenters. The monoisotopic (exact) mass is 448 g/mol. The summed E-state index contributed by atoms with van der Waals surface area (Å²) in [4.78, 5) is 12.5. The summed E-state index contributed by atoms with van der Waals surface area (Å²) in [7, 11) is 0. The van der Waals surface area contributed by atoms with Crippen LogP contribution in [0.25, 0.3) is 0 Å². The van der Waals surface area contributed by atoms with Crippen molar-refractivity contribution < 1.29 is 22.5 Å². The van der Waals surface area contributed by atoms with E-state index in [1.165, 1.54) is 6.92 Å². The van der Waals surface area contributed by atoms with Crippen LogP contribution in [0, 0.1) is 0 Å². The fraction of sp³-hybridized carbons (Fsp3) is 0.154. The maximum atomic E-state index is 14.4. The molecule has 0 aliphatic carbocycles. The SMILES string of the molecule is CC(=O)C1=C(C(F)(F)F)N[B-](c2ccccc2)(c2ccccc2)[N+](Cc2ccccc2)=C1C. The van der Waals surface area contributed by atoms with E-state index in [4.69, 9.17) is 0 Å². The predicted octanol–water partition coefficient (Wildman–Crippen LogP) is 3.93. The molecule has 1 N–H and O–H groups in total. The first-order valence-electron chi connectivity index (χ1n) is 10.8. The number of rotatable bonds is 5. The molecule has 33 heavy (non-hydrogen) atoms. The van der Waals surface area contributed by atoms with Gasteiger partial charge in [0.25, 0.3) is 0 Å². The first-order valence-corrected chi connectivity index (χ1v) is 10.8. The molecule has 0 spiro atoms. The maximum absolute atomic E-state index is 14.4. The van der Waals surface area contributed by atoms with Gasteiger partial charge in [-0.15, -0.1) is 10.9 Å². The summed E-state index contributed by atoms with van der Waals surface area (Å²) in [5, 5.41) is 2.87. The Kier molecular flexibility index (Phi) is 5.98. The van der Waals surface area contributed by atoms with Crippen molar-refractivity contribution in [1.29, 1.82) is 0 Å². The van der Waals surface area contributed by atoms with Crippen molar-refractivity contribution in [2.45, 2.75) is 26.6 Å². The molecular weight excluding hydrogens is 424 g/mol. The number of nitrogens with one attached hydrogen (secondary N) is 1. The number of allylic oxidation sites excluding steroid dienone is 2. The minimum Gasteiger partial charge on any atom is -0.486 e. The molecule has 0 amide bonds. The van der Waals surface area contributed by atoms with Crippen molar-refractivity contribution in [3.63, 3.8) is 0 Å². The number of Topliss-reactive ketones (excluding diaryl/α,β-unsaturated/α-hetero) is 1. The number of alkyl halides is 3. The number of carbonyl (C=O) groups is 1. The van der Waals surface area contributed by atoms with Gasteiger partial charge in [0, 0.05) is 12.5 Å². The summed E-state index contributed by atoms with van der Waals surface area (Å²) in [5.74, 6) is -0.629. The van der Waals surface area contributed by atoms with E-state index in [0.29, 0.717) is 23.2 Å². The lowest BCUT2D eigenvalue weighted by Gasteiger charge is -2.45. The highest BCUT2D eigenvalue weighted by Gasteiger charge is 2.53. The van der Waals surface area contributed by atoms with Crippen molar-refractivity contribution in [2.75, 3.05) is 0 Å². The molecule has 0 atom stereocenters. The number of halogens is 3. The van der Waals surface area contributed by atoms with E-state index in [2.05, 4.69) is 5.23 Å². The summed E-state index contributed by atoms with van der Waals surface area (Å²) in [6.45, 7) is 3.11. The van der Waals surface area contributed by atoms with Crippen LogP contribution in [0.4, 0.5) is 13.2 Å².